The maximum atomic E-state index is 12.3. The Kier molecular flexibility index (Phi) is 2.37. The normalized spacial score (nSPS) is 23.8. The molecule has 0 bridgehead atoms. The van der Waals surface area contributed by atoms with Gasteiger partial charge in [-0.25, -0.2) is 4.79 Å². The third-order valence-corrected chi connectivity index (χ3v) is 4.70. The zero-order valence-electron chi connectivity index (χ0n) is 12.3. The summed E-state index contributed by atoms with van der Waals surface area (Å²) in [7, 11) is 1.53. The Morgan fingerprint density at radius 2 is 2.13 bits per heavy atom. The molecule has 2 aromatic rings. The van der Waals surface area contributed by atoms with Gasteiger partial charge < -0.3 is 18.6 Å². The van der Waals surface area contributed by atoms with Crippen LogP contribution in [-0.2, 0) is 4.74 Å². The highest BCUT2D eigenvalue weighted by Crippen LogP contribution is 2.50. The average molecular weight is 312 g/mol. The molecule has 6 nitrogen and oxygen atoms in total. The first kappa shape index (κ1) is 12.9. The summed E-state index contributed by atoms with van der Waals surface area (Å²) in [5, 5.41) is 0.638. The third kappa shape index (κ3) is 1.51. The summed E-state index contributed by atoms with van der Waals surface area (Å²) in [6.45, 7) is 0.607. The van der Waals surface area contributed by atoms with Crippen LogP contribution in [0.2, 0.25) is 0 Å². The van der Waals surface area contributed by atoms with E-state index in [0.29, 0.717) is 34.6 Å². The minimum absolute atomic E-state index is 0.0284. The lowest BCUT2D eigenvalue weighted by Crippen LogP contribution is -2.14. The van der Waals surface area contributed by atoms with Crippen LogP contribution in [-0.4, -0.2) is 25.8 Å². The SMILES string of the molecule is COc1cc2c(c3oc(=O)c4c(c13)C=CC4=O)[C@@H]1CCO[C@@H]1O2. The van der Waals surface area contributed by atoms with Crippen LogP contribution < -0.4 is 15.1 Å². The van der Waals surface area contributed by atoms with Crippen molar-refractivity contribution >= 4 is 22.8 Å². The number of ether oxygens (including phenoxy) is 3. The number of allylic oxidation sites excluding steroid dienone is 1. The molecule has 0 radical (unpaired) electrons. The van der Waals surface area contributed by atoms with Crippen molar-refractivity contribution in [1.82, 2.24) is 0 Å². The molecule has 116 valence electrons. The van der Waals surface area contributed by atoms with E-state index in [1.54, 1.807) is 12.1 Å². The molecular formula is C17H12O6. The summed E-state index contributed by atoms with van der Waals surface area (Å²) >= 11 is 0. The van der Waals surface area contributed by atoms with Gasteiger partial charge in [0.15, 0.2) is 5.78 Å². The van der Waals surface area contributed by atoms with Gasteiger partial charge in [0.1, 0.15) is 22.6 Å². The molecule has 0 amide bonds. The zero-order valence-corrected chi connectivity index (χ0v) is 12.3. The highest BCUT2D eigenvalue weighted by molar-refractivity contribution is 6.17. The topological polar surface area (TPSA) is 75.0 Å². The summed E-state index contributed by atoms with van der Waals surface area (Å²) in [6.07, 6.45) is 3.47. The fourth-order valence-electron chi connectivity index (χ4n) is 3.70. The fraction of sp³-hybridized carbons (Fsp3) is 0.294. The second-order valence-corrected chi connectivity index (χ2v) is 5.82. The number of rotatable bonds is 1. The van der Waals surface area contributed by atoms with Gasteiger partial charge >= 0.3 is 5.63 Å². The third-order valence-electron chi connectivity index (χ3n) is 4.70. The van der Waals surface area contributed by atoms with Crippen molar-refractivity contribution < 1.29 is 23.4 Å². The number of benzene rings is 1. The highest BCUT2D eigenvalue weighted by atomic mass is 16.7. The molecule has 1 aromatic carbocycles. The van der Waals surface area contributed by atoms with Gasteiger partial charge in [-0.15, -0.1) is 0 Å². The number of hydrogen-bond acceptors (Lipinski definition) is 6. The first-order valence-corrected chi connectivity index (χ1v) is 7.41. The van der Waals surface area contributed by atoms with Crippen LogP contribution in [0.3, 0.4) is 0 Å². The molecule has 5 rings (SSSR count). The Morgan fingerprint density at radius 3 is 2.96 bits per heavy atom. The van der Waals surface area contributed by atoms with Crippen molar-refractivity contribution in [2.75, 3.05) is 13.7 Å². The van der Waals surface area contributed by atoms with E-state index in [4.69, 9.17) is 18.6 Å². The van der Waals surface area contributed by atoms with E-state index >= 15 is 0 Å². The van der Waals surface area contributed by atoms with Gasteiger partial charge in [-0.2, -0.15) is 0 Å². The molecule has 1 aromatic heterocycles. The van der Waals surface area contributed by atoms with Gasteiger partial charge in [-0.3, -0.25) is 4.79 Å². The minimum atomic E-state index is -0.625. The van der Waals surface area contributed by atoms with Crippen LogP contribution in [0, 0.1) is 0 Å². The molecule has 3 aliphatic rings. The molecule has 2 atom stereocenters. The molecule has 1 aliphatic carbocycles. The number of methoxy groups -OCH3 is 1. The smallest absolute Gasteiger partial charge is 0.348 e. The van der Waals surface area contributed by atoms with E-state index in [0.717, 1.165) is 12.0 Å². The molecule has 3 heterocycles. The average Bonchev–Trinajstić information content (AvgIpc) is 3.20. The Hall–Kier alpha value is -2.60. The number of carbonyl (C=O) groups is 1. The lowest BCUT2D eigenvalue weighted by Gasteiger charge is -2.12. The van der Waals surface area contributed by atoms with E-state index in [2.05, 4.69) is 0 Å². The largest absolute Gasteiger partial charge is 0.496 e. The lowest BCUT2D eigenvalue weighted by atomic mass is 9.94. The van der Waals surface area contributed by atoms with Crippen molar-refractivity contribution in [3.05, 3.63) is 39.3 Å². The highest BCUT2D eigenvalue weighted by Gasteiger charge is 2.43. The van der Waals surface area contributed by atoms with E-state index in [9.17, 15) is 9.59 Å². The molecule has 0 N–H and O–H groups in total. The number of hydrogen-bond donors (Lipinski definition) is 0. The van der Waals surface area contributed by atoms with Crippen LogP contribution >= 0.6 is 0 Å². The zero-order chi connectivity index (χ0) is 15.7. The molecule has 2 aliphatic heterocycles. The van der Waals surface area contributed by atoms with Crippen molar-refractivity contribution in [3.63, 3.8) is 0 Å². The van der Waals surface area contributed by atoms with Gasteiger partial charge in [0.2, 0.25) is 6.29 Å². The van der Waals surface area contributed by atoms with E-state index in [1.165, 1.54) is 13.2 Å². The maximum Gasteiger partial charge on any atom is 0.348 e. The van der Waals surface area contributed by atoms with Crippen LogP contribution in [0.25, 0.3) is 17.0 Å². The molecule has 0 spiro atoms. The molecule has 1 fully saturated rings. The first-order chi connectivity index (χ1) is 11.2. The Bertz CT molecular complexity index is 967. The quantitative estimate of drug-likeness (QED) is 0.752. The van der Waals surface area contributed by atoms with E-state index in [1.807, 2.05) is 0 Å². The van der Waals surface area contributed by atoms with Gasteiger partial charge in [-0.05, 0) is 18.6 Å². The van der Waals surface area contributed by atoms with Crippen LogP contribution in [0.15, 0.2) is 21.4 Å². The van der Waals surface area contributed by atoms with Crippen molar-refractivity contribution in [2.24, 2.45) is 0 Å². The summed E-state index contributed by atoms with van der Waals surface area (Å²) < 4.78 is 22.4. The Labute approximate surface area is 130 Å². The maximum absolute atomic E-state index is 12.3. The van der Waals surface area contributed by atoms with Crippen LogP contribution in [0.5, 0.6) is 11.5 Å². The molecule has 1 saturated heterocycles. The number of carbonyl (C=O) groups excluding carboxylic acids is 1. The molecule has 0 saturated carbocycles. The predicted molar refractivity (Wildman–Crippen MR) is 80.1 cm³/mol. The summed E-state index contributed by atoms with van der Waals surface area (Å²) in [6, 6.07) is 1.77. The Balaban J connectivity index is 1.94. The van der Waals surface area contributed by atoms with Gasteiger partial charge in [-0.1, -0.05) is 0 Å². The van der Waals surface area contributed by atoms with Crippen molar-refractivity contribution in [3.8, 4) is 11.5 Å². The van der Waals surface area contributed by atoms with Crippen LogP contribution in [0.1, 0.15) is 33.8 Å². The lowest BCUT2D eigenvalue weighted by molar-refractivity contribution is -0.0337. The summed E-state index contributed by atoms with van der Waals surface area (Å²) in [4.78, 5) is 24.2. The monoisotopic (exact) mass is 312 g/mol. The predicted octanol–water partition coefficient (Wildman–Crippen LogP) is 2.23. The Morgan fingerprint density at radius 1 is 1.26 bits per heavy atom. The number of fused-ring (bicyclic) bond motifs is 7. The second kappa shape index (κ2) is 4.23. The summed E-state index contributed by atoms with van der Waals surface area (Å²) in [5.41, 5.74) is 1.26. The van der Waals surface area contributed by atoms with E-state index < -0.39 is 5.63 Å². The standard InChI is InChI=1S/C17H12O6/c1-20-10-6-11-14(8-4-5-21-17(8)22-11)15-13(10)7-2-3-9(18)12(7)16(19)23-15/h2-3,6,8,17H,4-5H2,1H3/t8-,17+/m0/s1. The van der Waals surface area contributed by atoms with Crippen molar-refractivity contribution in [2.45, 2.75) is 18.6 Å². The second-order valence-electron chi connectivity index (χ2n) is 5.82. The minimum Gasteiger partial charge on any atom is -0.496 e. The molecular weight excluding hydrogens is 300 g/mol. The van der Waals surface area contributed by atoms with Gasteiger partial charge in [0.05, 0.1) is 25.0 Å². The molecule has 0 unspecified atom stereocenters. The summed E-state index contributed by atoms with van der Waals surface area (Å²) in [5.74, 6) is 0.816. The van der Waals surface area contributed by atoms with E-state index in [-0.39, 0.29) is 23.6 Å². The fourth-order valence-corrected chi connectivity index (χ4v) is 3.70. The van der Waals surface area contributed by atoms with Crippen molar-refractivity contribution in [1.29, 1.82) is 0 Å². The van der Waals surface area contributed by atoms with Gasteiger partial charge in [0.25, 0.3) is 0 Å². The first-order valence-electron chi connectivity index (χ1n) is 7.41. The molecule has 6 heteroatoms. The van der Waals surface area contributed by atoms with Gasteiger partial charge in [0, 0.05) is 17.2 Å². The number of ketones is 1. The molecule has 23 heavy (non-hydrogen) atoms. The van der Waals surface area contributed by atoms with Crippen LogP contribution in [0.4, 0.5) is 0 Å².